The van der Waals surface area contributed by atoms with Crippen molar-refractivity contribution in [2.75, 3.05) is 13.1 Å². The van der Waals surface area contributed by atoms with Gasteiger partial charge >= 0.3 is 0 Å². The molecular weight excluding hydrogens is 302 g/mol. The second-order valence-corrected chi connectivity index (χ2v) is 6.77. The molecule has 0 bridgehead atoms. The van der Waals surface area contributed by atoms with Crippen LogP contribution in [0.25, 0.3) is 5.78 Å². The number of aryl methyl sites for hydroxylation is 3. The topological polar surface area (TPSA) is 77.3 Å². The smallest absolute Gasteiger partial charge is 0.234 e. The number of nitrogens with zero attached hydrogens (tertiary/aromatic N) is 6. The third-order valence-electron chi connectivity index (χ3n) is 4.93. The molecule has 0 aromatic carbocycles. The fraction of sp³-hybridized carbons (Fsp3) is 0.471. The van der Waals surface area contributed by atoms with Crippen LogP contribution >= 0.6 is 0 Å². The molecule has 1 aliphatic rings. The van der Waals surface area contributed by atoms with Crippen molar-refractivity contribution in [3.8, 4) is 0 Å². The summed E-state index contributed by atoms with van der Waals surface area (Å²) in [6.07, 6.45) is 3.77. The van der Waals surface area contributed by atoms with Crippen molar-refractivity contribution in [3.63, 3.8) is 0 Å². The molecule has 0 unspecified atom stereocenters. The zero-order valence-electron chi connectivity index (χ0n) is 14.3. The van der Waals surface area contributed by atoms with Crippen LogP contribution in [0, 0.1) is 13.8 Å². The molecule has 1 aliphatic heterocycles. The lowest BCUT2D eigenvalue weighted by atomic mass is 10.0. The SMILES string of the molecule is Cc1cc(C)n2c(CN3C[C@@H](N)[C@H](c4ccnn4C)C3)cnc2n1. The summed E-state index contributed by atoms with van der Waals surface area (Å²) in [6, 6.07) is 4.28. The maximum atomic E-state index is 6.40. The van der Waals surface area contributed by atoms with Crippen molar-refractivity contribution in [2.45, 2.75) is 32.4 Å². The second kappa shape index (κ2) is 5.68. The highest BCUT2D eigenvalue weighted by atomic mass is 15.3. The van der Waals surface area contributed by atoms with E-state index >= 15 is 0 Å². The molecule has 24 heavy (non-hydrogen) atoms. The highest BCUT2D eigenvalue weighted by Gasteiger charge is 2.33. The average molecular weight is 325 g/mol. The van der Waals surface area contributed by atoms with Gasteiger partial charge in [0.15, 0.2) is 0 Å². The van der Waals surface area contributed by atoms with E-state index in [1.165, 1.54) is 5.69 Å². The van der Waals surface area contributed by atoms with E-state index in [-0.39, 0.29) is 6.04 Å². The summed E-state index contributed by atoms with van der Waals surface area (Å²) in [5.74, 6) is 1.09. The average Bonchev–Trinajstić information content (AvgIpc) is 3.19. The van der Waals surface area contributed by atoms with E-state index in [1.807, 2.05) is 31.0 Å². The Labute approximate surface area is 141 Å². The van der Waals surface area contributed by atoms with Gasteiger partial charge in [0.05, 0.1) is 11.9 Å². The molecule has 126 valence electrons. The van der Waals surface area contributed by atoms with E-state index < -0.39 is 0 Å². The number of imidazole rings is 1. The number of hydrogen-bond donors (Lipinski definition) is 1. The van der Waals surface area contributed by atoms with Gasteiger partial charge in [-0.1, -0.05) is 0 Å². The lowest BCUT2D eigenvalue weighted by Crippen LogP contribution is -2.29. The largest absolute Gasteiger partial charge is 0.326 e. The van der Waals surface area contributed by atoms with Gasteiger partial charge < -0.3 is 5.73 Å². The van der Waals surface area contributed by atoms with Gasteiger partial charge in [-0.15, -0.1) is 0 Å². The van der Waals surface area contributed by atoms with Crippen LogP contribution in [0.3, 0.4) is 0 Å². The maximum absolute atomic E-state index is 6.40. The minimum atomic E-state index is 0.126. The van der Waals surface area contributed by atoms with E-state index in [2.05, 4.69) is 43.4 Å². The lowest BCUT2D eigenvalue weighted by molar-refractivity contribution is 0.317. The summed E-state index contributed by atoms with van der Waals surface area (Å²) in [6.45, 7) is 6.74. The fourth-order valence-corrected chi connectivity index (χ4v) is 3.84. The zero-order chi connectivity index (χ0) is 16.8. The second-order valence-electron chi connectivity index (χ2n) is 6.77. The van der Waals surface area contributed by atoms with Crippen LogP contribution in [0.2, 0.25) is 0 Å². The predicted molar refractivity (Wildman–Crippen MR) is 91.7 cm³/mol. The molecular formula is C17H23N7. The molecule has 1 saturated heterocycles. The van der Waals surface area contributed by atoms with Gasteiger partial charge in [0.1, 0.15) is 0 Å². The van der Waals surface area contributed by atoms with Crippen molar-refractivity contribution in [2.24, 2.45) is 12.8 Å². The van der Waals surface area contributed by atoms with Crippen LogP contribution in [0.5, 0.6) is 0 Å². The third-order valence-corrected chi connectivity index (χ3v) is 4.93. The van der Waals surface area contributed by atoms with Gasteiger partial charge in [0.2, 0.25) is 5.78 Å². The van der Waals surface area contributed by atoms with Gasteiger partial charge in [-0.3, -0.25) is 14.0 Å². The van der Waals surface area contributed by atoms with Gasteiger partial charge in [0, 0.05) is 61.9 Å². The Morgan fingerprint density at radius 1 is 1.29 bits per heavy atom. The Hall–Kier alpha value is -2.25. The molecule has 7 heteroatoms. The van der Waals surface area contributed by atoms with Crippen molar-refractivity contribution in [3.05, 3.63) is 47.3 Å². The van der Waals surface area contributed by atoms with E-state index in [0.717, 1.165) is 42.5 Å². The standard InChI is InChI=1S/C17H23N7/c1-11-6-12(2)24-13(7-19-17(24)21-11)8-23-9-14(15(18)10-23)16-4-5-20-22(16)3/h4-7,14-15H,8-10,18H2,1-3H3/t14-,15-/m1/s1. The lowest BCUT2D eigenvalue weighted by Gasteiger charge is -2.16. The summed E-state index contributed by atoms with van der Waals surface area (Å²) < 4.78 is 4.06. The van der Waals surface area contributed by atoms with Gasteiger partial charge in [-0.25, -0.2) is 9.97 Å². The Kier molecular flexibility index (Phi) is 3.62. The molecule has 0 saturated carbocycles. The molecule has 0 spiro atoms. The van der Waals surface area contributed by atoms with E-state index in [4.69, 9.17) is 5.73 Å². The first-order valence-electron chi connectivity index (χ1n) is 8.29. The van der Waals surface area contributed by atoms with Crippen molar-refractivity contribution >= 4 is 5.78 Å². The van der Waals surface area contributed by atoms with E-state index in [1.54, 1.807) is 0 Å². The molecule has 3 aromatic heterocycles. The zero-order valence-corrected chi connectivity index (χ0v) is 14.3. The predicted octanol–water partition coefficient (Wildman–Crippen LogP) is 1.01. The summed E-state index contributed by atoms with van der Waals surface area (Å²) >= 11 is 0. The van der Waals surface area contributed by atoms with Crippen LogP contribution in [0.15, 0.2) is 24.5 Å². The van der Waals surface area contributed by atoms with Gasteiger partial charge in [-0.2, -0.15) is 5.10 Å². The normalized spacial score (nSPS) is 21.8. The van der Waals surface area contributed by atoms with Crippen LogP contribution in [0.1, 0.15) is 28.7 Å². The van der Waals surface area contributed by atoms with E-state index in [0.29, 0.717) is 5.92 Å². The summed E-state index contributed by atoms with van der Waals surface area (Å²) in [5.41, 5.74) is 10.9. The fourth-order valence-electron chi connectivity index (χ4n) is 3.84. The Bertz CT molecular complexity index is 878. The Morgan fingerprint density at radius 3 is 2.88 bits per heavy atom. The Morgan fingerprint density at radius 2 is 2.12 bits per heavy atom. The molecule has 0 radical (unpaired) electrons. The Balaban J connectivity index is 1.58. The van der Waals surface area contributed by atoms with Crippen molar-refractivity contribution < 1.29 is 0 Å². The number of fused-ring (bicyclic) bond motifs is 1. The molecule has 4 heterocycles. The van der Waals surface area contributed by atoms with E-state index in [9.17, 15) is 0 Å². The van der Waals surface area contributed by atoms with Crippen LogP contribution < -0.4 is 5.73 Å². The number of nitrogens with two attached hydrogens (primary N) is 1. The summed E-state index contributed by atoms with van der Waals surface area (Å²) in [7, 11) is 1.98. The van der Waals surface area contributed by atoms with Crippen LogP contribution in [0.4, 0.5) is 0 Å². The van der Waals surface area contributed by atoms with Gasteiger partial charge in [-0.05, 0) is 26.0 Å². The number of aromatic nitrogens is 5. The summed E-state index contributed by atoms with van der Waals surface area (Å²) in [5, 5.41) is 4.28. The number of hydrogen-bond acceptors (Lipinski definition) is 5. The molecule has 0 aliphatic carbocycles. The first-order valence-corrected chi connectivity index (χ1v) is 8.29. The first kappa shape index (κ1) is 15.3. The van der Waals surface area contributed by atoms with Crippen LogP contribution in [-0.4, -0.2) is 48.2 Å². The third kappa shape index (κ3) is 2.50. The monoisotopic (exact) mass is 325 g/mol. The number of rotatable bonds is 3. The molecule has 0 amide bonds. The summed E-state index contributed by atoms with van der Waals surface area (Å²) in [4.78, 5) is 11.4. The first-order chi connectivity index (χ1) is 11.5. The molecule has 2 N–H and O–H groups in total. The maximum Gasteiger partial charge on any atom is 0.234 e. The highest BCUT2D eigenvalue weighted by Crippen LogP contribution is 2.27. The molecule has 7 nitrogen and oxygen atoms in total. The van der Waals surface area contributed by atoms with Crippen LogP contribution in [-0.2, 0) is 13.6 Å². The van der Waals surface area contributed by atoms with Crippen molar-refractivity contribution in [1.82, 2.24) is 29.0 Å². The highest BCUT2D eigenvalue weighted by molar-refractivity contribution is 5.35. The number of likely N-dealkylation sites (tertiary alicyclic amines) is 1. The van der Waals surface area contributed by atoms with Gasteiger partial charge in [0.25, 0.3) is 0 Å². The quantitative estimate of drug-likeness (QED) is 0.777. The minimum Gasteiger partial charge on any atom is -0.326 e. The molecule has 1 fully saturated rings. The molecule has 4 rings (SSSR count). The van der Waals surface area contributed by atoms with Crippen molar-refractivity contribution in [1.29, 1.82) is 0 Å². The minimum absolute atomic E-state index is 0.126. The molecule has 2 atom stereocenters. The molecule has 3 aromatic rings.